The van der Waals surface area contributed by atoms with Crippen molar-refractivity contribution in [3.05, 3.63) is 63.9 Å². The normalized spacial score (nSPS) is 15.1. The summed E-state index contributed by atoms with van der Waals surface area (Å²) in [4.78, 5) is 13.9. The third-order valence-corrected chi connectivity index (χ3v) is 6.96. The summed E-state index contributed by atoms with van der Waals surface area (Å²) in [6.45, 7) is 4.18. The molecule has 8 nitrogen and oxygen atoms in total. The number of hydrogen-bond acceptors (Lipinski definition) is 7. The van der Waals surface area contributed by atoms with E-state index in [4.69, 9.17) is 32.9 Å². The van der Waals surface area contributed by atoms with E-state index in [0.29, 0.717) is 40.5 Å². The van der Waals surface area contributed by atoms with Crippen LogP contribution in [0.3, 0.4) is 0 Å². The molecule has 1 unspecified atom stereocenters. The van der Waals surface area contributed by atoms with Gasteiger partial charge in [-0.05, 0) is 74.0 Å². The van der Waals surface area contributed by atoms with Crippen molar-refractivity contribution in [2.24, 2.45) is 5.92 Å². The van der Waals surface area contributed by atoms with Gasteiger partial charge in [0.05, 0.1) is 12.2 Å². The number of ether oxygens (including phenoxy) is 1. The van der Waals surface area contributed by atoms with Crippen LogP contribution in [-0.4, -0.2) is 55.1 Å². The molecule has 1 aliphatic rings. The lowest BCUT2D eigenvalue weighted by Crippen LogP contribution is -2.21. The second-order valence-corrected chi connectivity index (χ2v) is 10.4. The maximum absolute atomic E-state index is 9.87. The van der Waals surface area contributed by atoms with Crippen molar-refractivity contribution in [1.29, 1.82) is 0 Å². The van der Waals surface area contributed by atoms with Gasteiger partial charge in [-0.15, -0.1) is 0 Å². The minimum atomic E-state index is -0.994. The molecule has 1 fully saturated rings. The Morgan fingerprint density at radius 3 is 2.57 bits per heavy atom. The summed E-state index contributed by atoms with van der Waals surface area (Å²) in [5, 5.41) is 23.5. The Labute approximate surface area is 225 Å². The quantitative estimate of drug-likeness (QED) is 0.240. The van der Waals surface area contributed by atoms with Crippen LogP contribution in [0.25, 0.3) is 22.6 Å². The van der Waals surface area contributed by atoms with E-state index in [1.165, 1.54) is 12.8 Å². The van der Waals surface area contributed by atoms with Crippen molar-refractivity contribution in [3.63, 3.8) is 0 Å². The van der Waals surface area contributed by atoms with Crippen LogP contribution in [0, 0.1) is 12.8 Å². The number of imidazole rings is 1. The molecule has 2 aromatic heterocycles. The number of halogens is 2. The maximum atomic E-state index is 9.87. The lowest BCUT2D eigenvalue weighted by Gasteiger charge is -2.18. The number of aryl methyl sites for hydroxylation is 1. The first-order chi connectivity index (χ1) is 17.8. The number of fused-ring (bicyclic) bond motifs is 1. The van der Waals surface area contributed by atoms with Gasteiger partial charge < -0.3 is 24.8 Å². The molecule has 1 saturated carbocycles. The van der Waals surface area contributed by atoms with Gasteiger partial charge in [0.25, 0.3) is 0 Å². The highest BCUT2D eigenvalue weighted by Gasteiger charge is 2.30. The van der Waals surface area contributed by atoms with Gasteiger partial charge in [-0.25, -0.2) is 4.98 Å². The summed E-state index contributed by atoms with van der Waals surface area (Å²) in [6.07, 6.45) is 1.39. The molecule has 0 spiro atoms. The molecule has 4 aromatic rings. The van der Waals surface area contributed by atoms with Crippen LogP contribution in [0.2, 0.25) is 10.3 Å². The van der Waals surface area contributed by atoms with Crippen LogP contribution in [0.5, 0.6) is 5.75 Å². The number of anilines is 1. The lowest BCUT2D eigenvalue weighted by molar-refractivity contribution is 0.0538. The SMILES string of the molecule is Cc1ccc(OCC(O)CO)c(-c2nc3nc(Cl)nc(N[C@H](C)C4CC4)c3n2Cc2ccc(Cl)cc2)c1. The molecule has 0 amide bonds. The van der Waals surface area contributed by atoms with Gasteiger partial charge in [0.15, 0.2) is 11.5 Å². The Morgan fingerprint density at radius 2 is 1.86 bits per heavy atom. The zero-order valence-electron chi connectivity index (χ0n) is 20.7. The fourth-order valence-electron chi connectivity index (χ4n) is 4.35. The van der Waals surface area contributed by atoms with Gasteiger partial charge in [0.1, 0.15) is 29.8 Å². The summed E-state index contributed by atoms with van der Waals surface area (Å²) < 4.78 is 7.97. The van der Waals surface area contributed by atoms with Crippen LogP contribution >= 0.6 is 23.2 Å². The van der Waals surface area contributed by atoms with Crippen molar-refractivity contribution in [2.75, 3.05) is 18.5 Å². The third kappa shape index (κ3) is 5.83. The summed E-state index contributed by atoms with van der Waals surface area (Å²) in [5.74, 6) is 2.39. The minimum Gasteiger partial charge on any atom is -0.490 e. The fourth-order valence-corrected chi connectivity index (χ4v) is 4.65. The van der Waals surface area contributed by atoms with Gasteiger partial charge in [-0.2, -0.15) is 9.97 Å². The van der Waals surface area contributed by atoms with Crippen molar-refractivity contribution in [1.82, 2.24) is 19.5 Å². The number of hydrogen-bond donors (Lipinski definition) is 3. The molecule has 3 N–H and O–H groups in total. The van der Waals surface area contributed by atoms with Crippen LogP contribution in [-0.2, 0) is 6.54 Å². The van der Waals surface area contributed by atoms with E-state index in [2.05, 4.69) is 26.8 Å². The molecule has 0 saturated heterocycles. The first-order valence-electron chi connectivity index (χ1n) is 12.3. The van der Waals surface area contributed by atoms with Gasteiger partial charge in [0.2, 0.25) is 5.28 Å². The van der Waals surface area contributed by atoms with E-state index < -0.39 is 12.7 Å². The first kappa shape index (κ1) is 25.7. The molecule has 10 heteroatoms. The largest absolute Gasteiger partial charge is 0.490 e. The van der Waals surface area contributed by atoms with Crippen LogP contribution < -0.4 is 10.1 Å². The lowest BCUT2D eigenvalue weighted by atomic mass is 10.1. The summed E-state index contributed by atoms with van der Waals surface area (Å²) in [6, 6.07) is 13.6. The number of rotatable bonds is 10. The second kappa shape index (κ2) is 10.8. The molecule has 2 atom stereocenters. The number of aliphatic hydroxyl groups excluding tert-OH is 2. The van der Waals surface area contributed by atoms with Crippen molar-refractivity contribution in [2.45, 2.75) is 45.4 Å². The van der Waals surface area contributed by atoms with Crippen molar-refractivity contribution in [3.8, 4) is 17.1 Å². The average molecular weight is 542 g/mol. The molecule has 0 aliphatic heterocycles. The predicted octanol–water partition coefficient (Wildman–Crippen LogP) is 5.10. The topological polar surface area (TPSA) is 105 Å². The highest BCUT2D eigenvalue weighted by Crippen LogP contribution is 2.38. The van der Waals surface area contributed by atoms with Crippen LogP contribution in [0.4, 0.5) is 5.82 Å². The monoisotopic (exact) mass is 541 g/mol. The number of nitrogens with one attached hydrogen (secondary N) is 1. The number of aromatic nitrogens is 4. The van der Waals surface area contributed by atoms with Crippen molar-refractivity contribution < 1.29 is 14.9 Å². The molecule has 5 rings (SSSR count). The maximum Gasteiger partial charge on any atom is 0.226 e. The predicted molar refractivity (Wildman–Crippen MR) is 145 cm³/mol. The number of nitrogens with zero attached hydrogens (tertiary/aromatic N) is 4. The van der Waals surface area contributed by atoms with Gasteiger partial charge in [-0.3, -0.25) is 0 Å². The average Bonchev–Trinajstić information content (AvgIpc) is 3.67. The Morgan fingerprint density at radius 1 is 1.11 bits per heavy atom. The standard InChI is InChI=1S/C27H29Cl2N5O3/c1-15-3-10-22(37-14-20(36)13-35)21(11-15)26-31-25-23(34(26)12-17-4-8-19(28)9-5-17)24(32-27(29)33-25)30-16(2)18-6-7-18/h3-5,8-11,16,18,20,35-36H,6-7,12-14H2,1-2H3,(H,30,32,33)/t16-,20?/m1/s1. The van der Waals surface area contributed by atoms with Crippen molar-refractivity contribution >= 4 is 40.2 Å². The third-order valence-electron chi connectivity index (χ3n) is 6.54. The van der Waals surface area contributed by atoms with Crippen LogP contribution in [0.1, 0.15) is 30.9 Å². The Hall–Kier alpha value is -2.91. The zero-order valence-corrected chi connectivity index (χ0v) is 22.2. The van der Waals surface area contributed by atoms with E-state index in [1.54, 1.807) is 0 Å². The molecule has 194 valence electrons. The number of aliphatic hydroxyl groups is 2. The smallest absolute Gasteiger partial charge is 0.226 e. The Kier molecular flexibility index (Phi) is 7.53. The molecule has 0 bridgehead atoms. The Balaban J connectivity index is 1.68. The molecule has 2 aromatic carbocycles. The highest BCUT2D eigenvalue weighted by atomic mass is 35.5. The van der Waals surface area contributed by atoms with Crippen LogP contribution in [0.15, 0.2) is 42.5 Å². The molecule has 1 aliphatic carbocycles. The molecule has 0 radical (unpaired) electrons. The van der Waals surface area contributed by atoms with Gasteiger partial charge in [-0.1, -0.05) is 35.4 Å². The summed E-state index contributed by atoms with van der Waals surface area (Å²) in [7, 11) is 0. The van der Waals surface area contributed by atoms with Gasteiger partial charge in [0, 0.05) is 17.6 Å². The molecule has 2 heterocycles. The van der Waals surface area contributed by atoms with Gasteiger partial charge >= 0.3 is 0 Å². The molecular formula is C27H29Cl2N5O3. The summed E-state index contributed by atoms with van der Waals surface area (Å²) in [5.41, 5.74) is 3.98. The van der Waals surface area contributed by atoms with E-state index >= 15 is 0 Å². The zero-order chi connectivity index (χ0) is 26.1. The summed E-state index contributed by atoms with van der Waals surface area (Å²) >= 11 is 12.5. The Bertz CT molecular complexity index is 1410. The fraction of sp³-hybridized carbons (Fsp3) is 0.370. The molecular weight excluding hydrogens is 513 g/mol. The van der Waals surface area contributed by atoms with E-state index in [9.17, 15) is 10.2 Å². The van der Waals surface area contributed by atoms with E-state index in [0.717, 1.165) is 22.2 Å². The first-order valence-corrected chi connectivity index (χ1v) is 13.1. The van der Waals surface area contributed by atoms with E-state index in [1.807, 2.05) is 49.4 Å². The second-order valence-electron chi connectivity index (χ2n) is 9.58. The highest BCUT2D eigenvalue weighted by molar-refractivity contribution is 6.30. The number of benzene rings is 2. The minimum absolute atomic E-state index is 0.0542. The molecule has 37 heavy (non-hydrogen) atoms. The van der Waals surface area contributed by atoms with E-state index in [-0.39, 0.29) is 17.9 Å².